The van der Waals surface area contributed by atoms with Crippen molar-refractivity contribution in [3.05, 3.63) is 47.3 Å². The van der Waals surface area contributed by atoms with E-state index in [0.29, 0.717) is 30.6 Å². The number of aromatic nitrogens is 3. The predicted molar refractivity (Wildman–Crippen MR) is 80.5 cm³/mol. The summed E-state index contributed by atoms with van der Waals surface area (Å²) in [4.78, 5) is 26.1. The van der Waals surface area contributed by atoms with Gasteiger partial charge in [-0.05, 0) is 24.1 Å². The van der Waals surface area contributed by atoms with Crippen LogP contribution in [0.5, 0.6) is 0 Å². The Labute approximate surface area is 132 Å². The van der Waals surface area contributed by atoms with Crippen LogP contribution >= 0.6 is 0 Å². The Morgan fingerprint density at radius 2 is 2.30 bits per heavy atom. The van der Waals surface area contributed by atoms with Crippen molar-refractivity contribution in [2.75, 3.05) is 13.1 Å². The molecule has 1 aromatic carbocycles. The summed E-state index contributed by atoms with van der Waals surface area (Å²) in [6.45, 7) is 0.926. The van der Waals surface area contributed by atoms with Gasteiger partial charge in [-0.25, -0.2) is 0 Å². The van der Waals surface area contributed by atoms with Gasteiger partial charge in [-0.2, -0.15) is 15.4 Å². The van der Waals surface area contributed by atoms with Crippen LogP contribution in [-0.2, 0) is 6.61 Å². The van der Waals surface area contributed by atoms with Crippen molar-refractivity contribution < 1.29 is 14.7 Å². The Morgan fingerprint density at radius 3 is 3.04 bits per heavy atom. The maximum Gasteiger partial charge on any atom is 0.273 e. The second-order valence-electron chi connectivity index (χ2n) is 5.42. The van der Waals surface area contributed by atoms with Gasteiger partial charge in [0.1, 0.15) is 0 Å². The molecule has 2 heterocycles. The number of aromatic amines is 1. The van der Waals surface area contributed by atoms with Crippen molar-refractivity contribution in [2.24, 2.45) is 0 Å². The van der Waals surface area contributed by atoms with E-state index in [1.165, 1.54) is 6.20 Å². The van der Waals surface area contributed by atoms with Crippen LogP contribution in [0.1, 0.15) is 32.8 Å². The largest absolute Gasteiger partial charge is 0.392 e. The van der Waals surface area contributed by atoms with E-state index in [4.69, 9.17) is 5.11 Å². The number of carbonyl (C=O) groups excluding carboxylic acids is 2. The zero-order chi connectivity index (χ0) is 16.2. The highest BCUT2D eigenvalue weighted by molar-refractivity contribution is 5.95. The molecule has 2 aromatic rings. The van der Waals surface area contributed by atoms with E-state index in [1.54, 1.807) is 29.2 Å². The number of aliphatic hydroxyl groups excluding tert-OH is 1. The molecule has 0 spiro atoms. The number of H-pyrrole nitrogens is 1. The summed E-state index contributed by atoms with van der Waals surface area (Å²) in [5.41, 5.74) is 1.47. The molecule has 3 N–H and O–H groups in total. The maximum absolute atomic E-state index is 12.5. The monoisotopic (exact) mass is 315 g/mol. The van der Waals surface area contributed by atoms with Gasteiger partial charge in [-0.15, -0.1) is 0 Å². The van der Waals surface area contributed by atoms with Crippen LogP contribution in [0.4, 0.5) is 0 Å². The minimum Gasteiger partial charge on any atom is -0.392 e. The lowest BCUT2D eigenvalue weighted by molar-refractivity contribution is 0.0782. The number of carbonyl (C=O) groups is 2. The van der Waals surface area contributed by atoms with Gasteiger partial charge in [0.25, 0.3) is 11.8 Å². The second kappa shape index (κ2) is 6.57. The lowest BCUT2D eigenvalue weighted by Crippen LogP contribution is -2.38. The standard InChI is InChI=1S/C15H17N5O3/c21-9-10-2-1-3-11(6-10)15(23)20-5-4-12(8-20)17-14(22)13-7-16-19-18-13/h1-3,6-7,12,21H,4-5,8-9H2,(H,17,22)(H,16,18,19)/t12-/m0/s1. The van der Waals surface area contributed by atoms with E-state index >= 15 is 0 Å². The predicted octanol–water partition coefficient (Wildman–Crippen LogP) is -0.0585. The van der Waals surface area contributed by atoms with Crippen molar-refractivity contribution >= 4 is 11.8 Å². The van der Waals surface area contributed by atoms with Crippen LogP contribution in [0, 0.1) is 0 Å². The first-order valence-corrected chi connectivity index (χ1v) is 7.33. The first-order chi connectivity index (χ1) is 11.2. The Hall–Kier alpha value is -2.74. The summed E-state index contributed by atoms with van der Waals surface area (Å²) >= 11 is 0. The van der Waals surface area contributed by atoms with Crippen LogP contribution in [0.15, 0.2) is 30.5 Å². The number of amides is 2. The van der Waals surface area contributed by atoms with Crippen molar-refractivity contribution in [2.45, 2.75) is 19.1 Å². The third-order valence-corrected chi connectivity index (χ3v) is 3.81. The van der Waals surface area contributed by atoms with E-state index < -0.39 is 0 Å². The molecule has 1 aliphatic heterocycles. The summed E-state index contributed by atoms with van der Waals surface area (Å²) in [5, 5.41) is 21.7. The molecule has 8 heteroatoms. The minimum absolute atomic E-state index is 0.0986. The normalized spacial score (nSPS) is 17.3. The lowest BCUT2D eigenvalue weighted by Gasteiger charge is -2.17. The maximum atomic E-state index is 12.5. The first kappa shape index (κ1) is 15.2. The van der Waals surface area contributed by atoms with Gasteiger partial charge < -0.3 is 15.3 Å². The quantitative estimate of drug-likeness (QED) is 0.732. The Morgan fingerprint density at radius 1 is 1.43 bits per heavy atom. The summed E-state index contributed by atoms with van der Waals surface area (Å²) in [6, 6.07) is 6.82. The van der Waals surface area contributed by atoms with E-state index in [1.807, 2.05) is 0 Å². The summed E-state index contributed by atoms with van der Waals surface area (Å²) < 4.78 is 0. The van der Waals surface area contributed by atoms with Crippen LogP contribution in [0.3, 0.4) is 0 Å². The highest BCUT2D eigenvalue weighted by atomic mass is 16.3. The molecule has 1 aromatic heterocycles. The van der Waals surface area contributed by atoms with Gasteiger partial charge in [0.15, 0.2) is 5.69 Å². The molecule has 0 radical (unpaired) electrons. The average Bonchev–Trinajstić information content (AvgIpc) is 3.26. The van der Waals surface area contributed by atoms with Crippen LogP contribution in [-0.4, -0.2) is 56.4 Å². The van der Waals surface area contributed by atoms with Crippen molar-refractivity contribution in [1.82, 2.24) is 25.6 Å². The van der Waals surface area contributed by atoms with E-state index in [-0.39, 0.29) is 30.2 Å². The van der Waals surface area contributed by atoms with Gasteiger partial charge in [0, 0.05) is 24.7 Å². The van der Waals surface area contributed by atoms with Crippen molar-refractivity contribution in [1.29, 1.82) is 0 Å². The molecule has 0 aliphatic carbocycles. The molecular weight excluding hydrogens is 298 g/mol. The molecule has 0 unspecified atom stereocenters. The van der Waals surface area contributed by atoms with Gasteiger partial charge in [0.05, 0.1) is 12.8 Å². The number of likely N-dealkylation sites (tertiary alicyclic amines) is 1. The van der Waals surface area contributed by atoms with Crippen molar-refractivity contribution in [3.8, 4) is 0 Å². The molecule has 2 amide bonds. The van der Waals surface area contributed by atoms with Gasteiger partial charge >= 0.3 is 0 Å². The molecule has 23 heavy (non-hydrogen) atoms. The van der Waals surface area contributed by atoms with Crippen LogP contribution in [0.2, 0.25) is 0 Å². The Kier molecular flexibility index (Phi) is 4.33. The number of hydrogen-bond donors (Lipinski definition) is 3. The molecule has 1 aliphatic rings. The van der Waals surface area contributed by atoms with Crippen LogP contribution < -0.4 is 5.32 Å². The van der Waals surface area contributed by atoms with E-state index in [9.17, 15) is 9.59 Å². The molecule has 1 fully saturated rings. The number of nitrogens with zero attached hydrogens (tertiary/aromatic N) is 3. The number of hydrogen-bond acceptors (Lipinski definition) is 5. The molecule has 1 saturated heterocycles. The summed E-state index contributed by atoms with van der Waals surface area (Å²) in [6.07, 6.45) is 2.04. The van der Waals surface area contributed by atoms with Gasteiger partial charge in [0.2, 0.25) is 0 Å². The number of aliphatic hydroxyl groups is 1. The van der Waals surface area contributed by atoms with Crippen molar-refractivity contribution in [3.63, 3.8) is 0 Å². The summed E-state index contributed by atoms with van der Waals surface area (Å²) in [5.74, 6) is -0.404. The highest BCUT2D eigenvalue weighted by Gasteiger charge is 2.28. The fraction of sp³-hybridized carbons (Fsp3) is 0.333. The Balaban J connectivity index is 1.60. The minimum atomic E-state index is -0.305. The molecular formula is C15H17N5O3. The molecule has 0 saturated carbocycles. The fourth-order valence-electron chi connectivity index (χ4n) is 2.62. The molecule has 1 atom stereocenters. The third kappa shape index (κ3) is 3.37. The SMILES string of the molecule is O=C(N[C@H]1CCN(C(=O)c2cccc(CO)c2)C1)c1cn[nH]n1. The number of nitrogens with one attached hydrogen (secondary N) is 2. The first-order valence-electron chi connectivity index (χ1n) is 7.33. The molecule has 8 nitrogen and oxygen atoms in total. The van der Waals surface area contributed by atoms with Crippen LogP contribution in [0.25, 0.3) is 0 Å². The topological polar surface area (TPSA) is 111 Å². The summed E-state index contributed by atoms with van der Waals surface area (Å²) in [7, 11) is 0. The molecule has 0 bridgehead atoms. The average molecular weight is 315 g/mol. The molecule has 120 valence electrons. The smallest absolute Gasteiger partial charge is 0.273 e. The zero-order valence-electron chi connectivity index (χ0n) is 12.4. The second-order valence-corrected chi connectivity index (χ2v) is 5.42. The lowest BCUT2D eigenvalue weighted by atomic mass is 10.1. The van der Waals surface area contributed by atoms with E-state index in [0.717, 1.165) is 0 Å². The van der Waals surface area contributed by atoms with Gasteiger partial charge in [-0.1, -0.05) is 12.1 Å². The zero-order valence-corrected chi connectivity index (χ0v) is 12.4. The number of rotatable bonds is 4. The number of benzene rings is 1. The highest BCUT2D eigenvalue weighted by Crippen LogP contribution is 2.15. The van der Waals surface area contributed by atoms with Gasteiger partial charge in [-0.3, -0.25) is 9.59 Å². The Bertz CT molecular complexity index is 701. The fourth-order valence-corrected chi connectivity index (χ4v) is 2.62. The van der Waals surface area contributed by atoms with E-state index in [2.05, 4.69) is 20.7 Å². The third-order valence-electron chi connectivity index (χ3n) is 3.81. The molecule has 3 rings (SSSR count).